The summed E-state index contributed by atoms with van der Waals surface area (Å²) in [6.45, 7) is 9.13. The number of pyridine rings is 1. The number of carbonyl (C=O) groups is 2. The van der Waals surface area contributed by atoms with E-state index < -0.39 is 0 Å². The van der Waals surface area contributed by atoms with Crippen molar-refractivity contribution >= 4 is 17.5 Å². The summed E-state index contributed by atoms with van der Waals surface area (Å²) in [7, 11) is 1.86. The van der Waals surface area contributed by atoms with Crippen LogP contribution in [0.1, 0.15) is 52.1 Å². The Morgan fingerprint density at radius 3 is 2.57 bits per heavy atom. The summed E-state index contributed by atoms with van der Waals surface area (Å²) in [6.07, 6.45) is 4.01. The maximum Gasteiger partial charge on any atom is 0.223 e. The van der Waals surface area contributed by atoms with Gasteiger partial charge in [-0.05, 0) is 56.3 Å². The van der Waals surface area contributed by atoms with Crippen LogP contribution >= 0.6 is 0 Å². The largest absolute Gasteiger partial charge is 0.373 e. The number of anilines is 1. The Kier molecular flexibility index (Phi) is 8.42. The maximum absolute atomic E-state index is 12.4. The lowest BCUT2D eigenvalue weighted by Crippen LogP contribution is -2.42. The van der Waals surface area contributed by atoms with Crippen LogP contribution in [0.5, 0.6) is 0 Å². The molecule has 6 heteroatoms. The summed E-state index contributed by atoms with van der Waals surface area (Å²) in [6, 6.07) is 5.94. The molecule has 1 aromatic rings. The van der Waals surface area contributed by atoms with Crippen molar-refractivity contribution in [3.8, 4) is 0 Å². The number of nitrogens with zero attached hydrogens (tertiary/aromatic N) is 2. The number of hydrogen-bond donors (Lipinski definition) is 2. The fraction of sp³-hybridized carbons (Fsp3) is 0.682. The molecule has 6 nitrogen and oxygen atoms in total. The van der Waals surface area contributed by atoms with Crippen molar-refractivity contribution in [1.29, 1.82) is 0 Å². The van der Waals surface area contributed by atoms with E-state index in [0.29, 0.717) is 25.3 Å². The Hall–Kier alpha value is -1.95. The minimum Gasteiger partial charge on any atom is -0.373 e. The highest BCUT2D eigenvalue weighted by Gasteiger charge is 2.26. The number of aryl methyl sites for hydroxylation is 1. The van der Waals surface area contributed by atoms with E-state index in [-0.39, 0.29) is 17.2 Å². The van der Waals surface area contributed by atoms with Gasteiger partial charge >= 0.3 is 0 Å². The summed E-state index contributed by atoms with van der Waals surface area (Å²) >= 11 is 0. The first kappa shape index (κ1) is 22.3. The van der Waals surface area contributed by atoms with Crippen LogP contribution in [0.2, 0.25) is 0 Å². The molecule has 1 aliphatic heterocycles. The number of rotatable bonds is 9. The van der Waals surface area contributed by atoms with Gasteiger partial charge in [-0.25, -0.2) is 4.98 Å². The average Bonchev–Trinajstić information content (AvgIpc) is 2.64. The quantitative estimate of drug-likeness (QED) is 0.636. The second kappa shape index (κ2) is 10.6. The van der Waals surface area contributed by atoms with Gasteiger partial charge in [0.15, 0.2) is 0 Å². The summed E-state index contributed by atoms with van der Waals surface area (Å²) in [5, 5.41) is 6.11. The molecule has 156 valence electrons. The zero-order valence-electron chi connectivity index (χ0n) is 17.9. The van der Waals surface area contributed by atoms with Crippen molar-refractivity contribution in [2.45, 2.75) is 52.9 Å². The molecule has 0 atom stereocenters. The second-order valence-electron chi connectivity index (χ2n) is 8.99. The Bertz CT molecular complexity index is 646. The Morgan fingerprint density at radius 2 is 1.93 bits per heavy atom. The molecule has 0 unspecified atom stereocenters. The van der Waals surface area contributed by atoms with Gasteiger partial charge in [-0.15, -0.1) is 0 Å². The van der Waals surface area contributed by atoms with Gasteiger partial charge < -0.3 is 10.6 Å². The number of carbonyl (C=O) groups excluding carboxylic acids is 2. The zero-order chi connectivity index (χ0) is 20.6. The van der Waals surface area contributed by atoms with Crippen LogP contribution < -0.4 is 10.6 Å². The van der Waals surface area contributed by atoms with Gasteiger partial charge in [0.25, 0.3) is 0 Å². The van der Waals surface area contributed by atoms with Gasteiger partial charge in [0, 0.05) is 31.6 Å². The number of aromatic nitrogens is 1. The monoisotopic (exact) mass is 388 g/mol. The molecule has 0 radical (unpaired) electrons. The standard InChI is InChI=1S/C22H36N4O2/c1-22(2,3)15-19(27)16-26-13-10-17(11-14-26)21(28)24-12-6-8-18-7-5-9-20(23-4)25-18/h5,7,9,17H,6,8,10-16H2,1-4H3,(H,23,25)(H,24,28). The lowest BCUT2D eigenvalue weighted by atomic mass is 9.89. The first-order valence-corrected chi connectivity index (χ1v) is 10.4. The van der Waals surface area contributed by atoms with Crippen molar-refractivity contribution in [3.05, 3.63) is 23.9 Å². The SMILES string of the molecule is CNc1cccc(CCCNC(=O)C2CCN(CC(=O)CC(C)(C)C)CC2)n1. The van der Waals surface area contributed by atoms with Gasteiger partial charge in [0.05, 0.1) is 6.54 Å². The molecule has 1 saturated heterocycles. The summed E-state index contributed by atoms with van der Waals surface area (Å²) in [5.74, 6) is 1.39. The number of likely N-dealkylation sites (tertiary alicyclic amines) is 1. The molecular formula is C22H36N4O2. The summed E-state index contributed by atoms with van der Waals surface area (Å²) in [5.41, 5.74) is 1.08. The molecule has 1 aliphatic rings. The Morgan fingerprint density at radius 1 is 1.21 bits per heavy atom. The fourth-order valence-electron chi connectivity index (χ4n) is 3.63. The summed E-state index contributed by atoms with van der Waals surface area (Å²) < 4.78 is 0. The van der Waals surface area contributed by atoms with Crippen LogP contribution in [0, 0.1) is 11.3 Å². The van der Waals surface area contributed by atoms with E-state index in [1.54, 1.807) is 0 Å². The van der Waals surface area contributed by atoms with Crippen molar-refractivity contribution < 1.29 is 9.59 Å². The van der Waals surface area contributed by atoms with Crippen molar-refractivity contribution in [1.82, 2.24) is 15.2 Å². The van der Waals surface area contributed by atoms with Crippen molar-refractivity contribution in [3.63, 3.8) is 0 Å². The third kappa shape index (κ3) is 7.97. The van der Waals surface area contributed by atoms with E-state index in [4.69, 9.17) is 0 Å². The summed E-state index contributed by atoms with van der Waals surface area (Å²) in [4.78, 5) is 31.2. The van der Waals surface area contributed by atoms with Crippen LogP contribution in [-0.2, 0) is 16.0 Å². The van der Waals surface area contributed by atoms with E-state index in [9.17, 15) is 9.59 Å². The molecule has 2 rings (SSSR count). The molecular weight excluding hydrogens is 352 g/mol. The number of hydrogen-bond acceptors (Lipinski definition) is 5. The van der Waals surface area contributed by atoms with Crippen LogP contribution in [0.4, 0.5) is 5.82 Å². The van der Waals surface area contributed by atoms with Crippen LogP contribution in [-0.4, -0.2) is 54.8 Å². The molecule has 0 aliphatic carbocycles. The number of Topliss-reactive ketones (excluding diaryl/α,β-unsaturated/α-hetero) is 1. The first-order valence-electron chi connectivity index (χ1n) is 10.4. The van der Waals surface area contributed by atoms with Crippen LogP contribution in [0.15, 0.2) is 18.2 Å². The lowest BCUT2D eigenvalue weighted by Gasteiger charge is -2.31. The second-order valence-corrected chi connectivity index (χ2v) is 8.99. The molecule has 0 saturated carbocycles. The third-order valence-corrected chi connectivity index (χ3v) is 5.06. The lowest BCUT2D eigenvalue weighted by molar-refractivity contribution is -0.126. The number of amides is 1. The van der Waals surface area contributed by atoms with E-state index >= 15 is 0 Å². The molecule has 1 fully saturated rings. The highest BCUT2D eigenvalue weighted by molar-refractivity contribution is 5.81. The minimum atomic E-state index is 0.0409. The number of piperidine rings is 1. The molecule has 1 aromatic heterocycles. The molecule has 2 heterocycles. The predicted molar refractivity (Wildman–Crippen MR) is 113 cm³/mol. The maximum atomic E-state index is 12.4. The highest BCUT2D eigenvalue weighted by atomic mass is 16.2. The third-order valence-electron chi connectivity index (χ3n) is 5.06. The molecule has 0 spiro atoms. The predicted octanol–water partition coefficient (Wildman–Crippen LogP) is 2.89. The number of ketones is 1. The molecule has 1 amide bonds. The van der Waals surface area contributed by atoms with Crippen LogP contribution in [0.3, 0.4) is 0 Å². The van der Waals surface area contributed by atoms with E-state index in [1.807, 2.05) is 25.2 Å². The van der Waals surface area contributed by atoms with E-state index in [1.165, 1.54) is 0 Å². The fourth-order valence-corrected chi connectivity index (χ4v) is 3.63. The van der Waals surface area contributed by atoms with Crippen molar-refractivity contribution in [2.75, 3.05) is 38.5 Å². The van der Waals surface area contributed by atoms with Gasteiger partial charge in [-0.1, -0.05) is 26.8 Å². The Balaban J connectivity index is 1.63. The normalized spacial score (nSPS) is 16.0. The highest BCUT2D eigenvalue weighted by Crippen LogP contribution is 2.21. The van der Waals surface area contributed by atoms with Gasteiger partial charge in [0.2, 0.25) is 5.91 Å². The Labute approximate surface area is 169 Å². The van der Waals surface area contributed by atoms with Crippen LogP contribution in [0.25, 0.3) is 0 Å². The number of nitrogens with one attached hydrogen (secondary N) is 2. The smallest absolute Gasteiger partial charge is 0.223 e. The topological polar surface area (TPSA) is 74.3 Å². The van der Waals surface area contributed by atoms with Crippen molar-refractivity contribution in [2.24, 2.45) is 11.3 Å². The molecule has 2 N–H and O–H groups in total. The molecule has 0 aromatic carbocycles. The average molecular weight is 389 g/mol. The van der Waals surface area contributed by atoms with Gasteiger partial charge in [-0.3, -0.25) is 14.5 Å². The van der Waals surface area contributed by atoms with E-state index in [2.05, 4.69) is 41.3 Å². The van der Waals surface area contributed by atoms with Gasteiger partial charge in [-0.2, -0.15) is 0 Å². The molecule has 0 bridgehead atoms. The molecule has 28 heavy (non-hydrogen) atoms. The minimum absolute atomic E-state index is 0.0409. The zero-order valence-corrected chi connectivity index (χ0v) is 17.9. The van der Waals surface area contributed by atoms with Gasteiger partial charge in [0.1, 0.15) is 11.6 Å². The first-order chi connectivity index (χ1) is 13.3. The van der Waals surface area contributed by atoms with E-state index in [0.717, 1.165) is 50.3 Å².